The van der Waals surface area contributed by atoms with Gasteiger partial charge in [0.25, 0.3) is 0 Å². The van der Waals surface area contributed by atoms with Gasteiger partial charge in [-0.1, -0.05) is 39.8 Å². The van der Waals surface area contributed by atoms with Crippen molar-refractivity contribution in [2.24, 2.45) is 5.92 Å². The van der Waals surface area contributed by atoms with Crippen LogP contribution in [0, 0.1) is 5.92 Å². The number of hydrogen-bond acceptors (Lipinski definition) is 2. The molecule has 0 amide bonds. The Morgan fingerprint density at radius 3 is 2.56 bits per heavy atom. The minimum atomic E-state index is -1.85. The van der Waals surface area contributed by atoms with Gasteiger partial charge in [-0.3, -0.25) is 4.79 Å². The molecule has 92 valence electrons. The largest absolute Gasteiger partial charge is 0.410 e. The molecule has 0 N–H and O–H groups in total. The van der Waals surface area contributed by atoms with Crippen LogP contribution in [0.3, 0.4) is 0 Å². The first-order valence-corrected chi connectivity index (χ1v) is 8.79. The first-order valence-electron chi connectivity index (χ1n) is 6.46. The number of hydrogen-bond donors (Lipinski definition) is 0. The van der Waals surface area contributed by atoms with Crippen molar-refractivity contribution in [3.8, 4) is 0 Å². The molecule has 3 heteroatoms. The number of carbonyl (C=O) groups excluding carboxylic acids is 1. The van der Waals surface area contributed by atoms with Crippen LogP contribution in [0.15, 0.2) is 12.2 Å². The summed E-state index contributed by atoms with van der Waals surface area (Å²) in [6, 6.07) is 0. The number of ketones is 1. The van der Waals surface area contributed by atoms with Crippen molar-refractivity contribution in [3.63, 3.8) is 0 Å². The number of Topliss-reactive ketones (excluding diaryl/α,β-unsaturated/α-hetero) is 1. The minimum Gasteiger partial charge on any atom is -0.410 e. The highest BCUT2D eigenvalue weighted by Gasteiger charge is 2.40. The molecule has 0 fully saturated rings. The van der Waals surface area contributed by atoms with Crippen molar-refractivity contribution in [3.05, 3.63) is 12.2 Å². The normalized spacial score (nSPS) is 32.8. The van der Waals surface area contributed by atoms with E-state index in [0.29, 0.717) is 0 Å². The Hall–Kier alpha value is -0.413. The molecular formula is C13H24O2Si. The van der Waals surface area contributed by atoms with Crippen LogP contribution in [0.5, 0.6) is 0 Å². The van der Waals surface area contributed by atoms with Gasteiger partial charge in [0.1, 0.15) is 5.78 Å². The van der Waals surface area contributed by atoms with E-state index in [1.165, 1.54) is 0 Å². The molecule has 0 aromatic heterocycles. The van der Waals surface area contributed by atoms with Gasteiger partial charge in [0.05, 0.1) is 6.10 Å². The van der Waals surface area contributed by atoms with E-state index in [1.54, 1.807) is 6.08 Å². The summed E-state index contributed by atoms with van der Waals surface area (Å²) < 4.78 is 13.8. The predicted octanol–water partition coefficient (Wildman–Crippen LogP) is 3.54. The summed E-state index contributed by atoms with van der Waals surface area (Å²) in [5.74, 6) is -0.229. The summed E-state index contributed by atoms with van der Waals surface area (Å²) >= 11 is 0. The summed E-state index contributed by atoms with van der Waals surface area (Å²) in [7, 11) is -1.85. The highest BCUT2D eigenvalue weighted by Crippen LogP contribution is 2.38. The molecule has 0 saturated heterocycles. The Bertz CT molecular complexity index is 331. The van der Waals surface area contributed by atoms with Crippen LogP contribution in [0.25, 0.3) is 0 Å². The molecular weight excluding hydrogens is 216 g/mol. The lowest BCUT2D eigenvalue weighted by Crippen LogP contribution is -2.46. The Balaban J connectivity index is 2.83. The fraction of sp³-hybridized carbons (Fsp3) is 0.769. The van der Waals surface area contributed by atoms with Crippen LogP contribution in [0.1, 0.15) is 35.5 Å². The van der Waals surface area contributed by atoms with Gasteiger partial charge in [-0.25, -0.2) is 0 Å². The standard InChI is InChI=1S/C13H24O2Si/c1-10-11(14)8-7-9-12(10)15-16(5,6)13(2,3)4/h7,9-10,12H,8H2,1-6H3/i8D. The molecule has 2 nitrogen and oxygen atoms in total. The third-order valence-corrected chi connectivity index (χ3v) is 8.21. The van der Waals surface area contributed by atoms with Crippen LogP contribution in [-0.2, 0) is 9.22 Å². The van der Waals surface area contributed by atoms with Crippen LogP contribution in [-0.4, -0.2) is 20.2 Å². The van der Waals surface area contributed by atoms with Crippen LogP contribution < -0.4 is 0 Å². The van der Waals surface area contributed by atoms with E-state index >= 15 is 0 Å². The van der Waals surface area contributed by atoms with E-state index < -0.39 is 14.7 Å². The zero-order chi connectivity index (χ0) is 13.4. The van der Waals surface area contributed by atoms with Gasteiger partial charge in [-0.2, -0.15) is 0 Å². The van der Waals surface area contributed by atoms with Crippen LogP contribution >= 0.6 is 0 Å². The summed E-state index contributed by atoms with van der Waals surface area (Å²) in [6.07, 6.45) is 2.69. The van der Waals surface area contributed by atoms with E-state index in [2.05, 4.69) is 33.9 Å². The van der Waals surface area contributed by atoms with E-state index in [0.717, 1.165) is 0 Å². The highest BCUT2D eigenvalue weighted by molar-refractivity contribution is 6.74. The lowest BCUT2D eigenvalue weighted by molar-refractivity contribution is -0.124. The van der Waals surface area contributed by atoms with Crippen LogP contribution in [0.4, 0.5) is 0 Å². The average Bonchev–Trinajstić information content (AvgIpc) is 2.17. The van der Waals surface area contributed by atoms with Crippen molar-refractivity contribution >= 4 is 14.1 Å². The van der Waals surface area contributed by atoms with E-state index in [4.69, 9.17) is 5.80 Å². The molecule has 0 spiro atoms. The number of carbonyl (C=O) groups is 1. The molecule has 3 atom stereocenters. The van der Waals surface area contributed by atoms with Gasteiger partial charge >= 0.3 is 0 Å². The number of allylic oxidation sites excluding steroid dienone is 1. The Labute approximate surface area is 102 Å². The Morgan fingerprint density at radius 1 is 1.50 bits per heavy atom. The Morgan fingerprint density at radius 2 is 2.06 bits per heavy atom. The van der Waals surface area contributed by atoms with Crippen LogP contribution in [0.2, 0.25) is 18.1 Å². The molecule has 16 heavy (non-hydrogen) atoms. The molecule has 1 aliphatic rings. The SMILES string of the molecule is [2H]C1C=CC(O[Si](C)(C)C(C)(C)C)C(C)C1=O. The van der Waals surface area contributed by atoms with Gasteiger partial charge in [0.2, 0.25) is 0 Å². The van der Waals surface area contributed by atoms with Crippen molar-refractivity contribution < 1.29 is 10.6 Å². The topological polar surface area (TPSA) is 26.3 Å². The molecule has 0 aromatic carbocycles. The second-order valence-electron chi connectivity index (χ2n) is 6.09. The molecule has 1 rings (SSSR count). The summed E-state index contributed by atoms with van der Waals surface area (Å²) in [4.78, 5) is 11.8. The summed E-state index contributed by atoms with van der Waals surface area (Å²) in [5, 5.41) is 0.140. The molecule has 0 heterocycles. The minimum absolute atomic E-state index is 0.0313. The average molecular weight is 241 g/mol. The third kappa shape index (κ3) is 2.83. The smallest absolute Gasteiger partial charge is 0.192 e. The predicted molar refractivity (Wildman–Crippen MR) is 70.0 cm³/mol. The maximum Gasteiger partial charge on any atom is 0.192 e. The molecule has 0 aliphatic heterocycles. The summed E-state index contributed by atoms with van der Waals surface area (Å²) in [5.41, 5.74) is 0. The van der Waals surface area contributed by atoms with Crippen molar-refractivity contribution in [2.45, 2.75) is 58.3 Å². The maximum absolute atomic E-state index is 11.8. The van der Waals surface area contributed by atoms with Crippen molar-refractivity contribution in [1.29, 1.82) is 0 Å². The number of rotatable bonds is 2. The first-order chi connectivity index (χ1) is 7.56. The van der Waals surface area contributed by atoms with E-state index in [1.807, 2.05) is 13.0 Å². The lowest BCUT2D eigenvalue weighted by atomic mass is 9.92. The fourth-order valence-electron chi connectivity index (χ4n) is 1.40. The van der Waals surface area contributed by atoms with Crippen molar-refractivity contribution in [2.75, 3.05) is 0 Å². The first kappa shape index (κ1) is 12.1. The highest BCUT2D eigenvalue weighted by atomic mass is 28.4. The quantitative estimate of drug-likeness (QED) is 0.546. The van der Waals surface area contributed by atoms with Gasteiger partial charge < -0.3 is 4.43 Å². The fourth-order valence-corrected chi connectivity index (χ4v) is 2.72. The molecule has 1 aliphatic carbocycles. The van der Waals surface area contributed by atoms with Gasteiger partial charge in [-0.05, 0) is 18.1 Å². The van der Waals surface area contributed by atoms with Gasteiger partial charge in [0.15, 0.2) is 8.32 Å². The second-order valence-corrected chi connectivity index (χ2v) is 10.8. The summed E-state index contributed by atoms with van der Waals surface area (Å²) in [6.45, 7) is 12.8. The molecule has 0 saturated carbocycles. The molecule has 0 bridgehead atoms. The zero-order valence-electron chi connectivity index (χ0n) is 12.2. The third-order valence-electron chi connectivity index (χ3n) is 3.74. The van der Waals surface area contributed by atoms with E-state index in [-0.39, 0.29) is 22.8 Å². The van der Waals surface area contributed by atoms with Gasteiger partial charge in [-0.15, -0.1) is 0 Å². The molecule has 3 unspecified atom stereocenters. The van der Waals surface area contributed by atoms with Gasteiger partial charge in [0, 0.05) is 13.7 Å². The Kier molecular flexibility index (Phi) is 3.36. The van der Waals surface area contributed by atoms with E-state index in [9.17, 15) is 4.79 Å². The molecule has 0 aromatic rings. The molecule has 0 radical (unpaired) electrons. The maximum atomic E-state index is 11.8. The zero-order valence-corrected chi connectivity index (χ0v) is 12.2. The monoisotopic (exact) mass is 241 g/mol. The van der Waals surface area contributed by atoms with Crippen molar-refractivity contribution in [1.82, 2.24) is 0 Å². The second kappa shape index (κ2) is 4.45. The lowest BCUT2D eigenvalue weighted by Gasteiger charge is -2.40.